The standard InChI is InChI=1S/C17H27N5O2/c18-16-12-2-1-3-13(16)7-14(6-12)17(23)21-4-5-24-15(8-21)9-22-11-19-10-20-22/h10-16H,1-9,18H2. The Bertz CT molecular complexity index is 549. The Balaban J connectivity index is 1.37. The molecule has 1 saturated heterocycles. The van der Waals surface area contributed by atoms with E-state index in [4.69, 9.17) is 10.5 Å². The maximum absolute atomic E-state index is 13.0. The molecule has 1 aromatic heterocycles. The van der Waals surface area contributed by atoms with Crippen LogP contribution in [0.4, 0.5) is 0 Å². The van der Waals surface area contributed by atoms with Crippen molar-refractivity contribution in [1.82, 2.24) is 19.7 Å². The Morgan fingerprint density at radius 2 is 2.08 bits per heavy atom. The predicted molar refractivity (Wildman–Crippen MR) is 87.9 cm³/mol. The third-order valence-corrected chi connectivity index (χ3v) is 6.07. The first kappa shape index (κ1) is 16.0. The summed E-state index contributed by atoms with van der Waals surface area (Å²) in [6, 6.07) is 0.313. The normalized spacial score (nSPS) is 36.5. The number of carbonyl (C=O) groups excluding carboxylic acids is 1. The molecule has 0 spiro atoms. The minimum Gasteiger partial charge on any atom is -0.373 e. The second kappa shape index (κ2) is 6.80. The number of carbonyl (C=O) groups is 1. The van der Waals surface area contributed by atoms with Gasteiger partial charge in [-0.05, 0) is 37.5 Å². The molecule has 7 heteroatoms. The fourth-order valence-corrected chi connectivity index (χ4v) is 4.81. The number of rotatable bonds is 3. The number of fused-ring (bicyclic) bond motifs is 2. The first-order valence-corrected chi connectivity index (χ1v) is 9.19. The molecule has 1 aliphatic heterocycles. The second-order valence-electron chi connectivity index (χ2n) is 7.59. The van der Waals surface area contributed by atoms with E-state index >= 15 is 0 Å². The molecule has 2 heterocycles. The summed E-state index contributed by atoms with van der Waals surface area (Å²) in [6.45, 7) is 2.59. The molecule has 2 saturated carbocycles. The highest BCUT2D eigenvalue weighted by Crippen LogP contribution is 2.42. The van der Waals surface area contributed by atoms with E-state index in [1.807, 2.05) is 4.90 Å². The Morgan fingerprint density at radius 1 is 1.29 bits per heavy atom. The van der Waals surface area contributed by atoms with Gasteiger partial charge >= 0.3 is 0 Å². The molecular weight excluding hydrogens is 306 g/mol. The number of nitrogens with zero attached hydrogens (tertiary/aromatic N) is 4. The van der Waals surface area contributed by atoms with Crippen LogP contribution in [0.15, 0.2) is 12.7 Å². The van der Waals surface area contributed by atoms with Crippen LogP contribution in [0.2, 0.25) is 0 Å². The lowest BCUT2D eigenvalue weighted by atomic mass is 9.65. The van der Waals surface area contributed by atoms with Crippen LogP contribution in [-0.4, -0.2) is 57.4 Å². The maximum Gasteiger partial charge on any atom is 0.225 e. The zero-order chi connectivity index (χ0) is 16.5. The Morgan fingerprint density at radius 3 is 2.79 bits per heavy atom. The van der Waals surface area contributed by atoms with Crippen molar-refractivity contribution in [1.29, 1.82) is 0 Å². The van der Waals surface area contributed by atoms with Crippen LogP contribution in [0.3, 0.4) is 0 Å². The number of hydrogen-bond donors (Lipinski definition) is 1. The van der Waals surface area contributed by atoms with Gasteiger partial charge in [0.05, 0.1) is 19.3 Å². The van der Waals surface area contributed by atoms with Crippen molar-refractivity contribution in [2.45, 2.75) is 50.8 Å². The van der Waals surface area contributed by atoms with E-state index < -0.39 is 0 Å². The van der Waals surface area contributed by atoms with E-state index in [1.54, 1.807) is 11.0 Å². The van der Waals surface area contributed by atoms with Crippen LogP contribution in [0.25, 0.3) is 0 Å². The highest BCUT2D eigenvalue weighted by Gasteiger charge is 2.42. The summed E-state index contributed by atoms with van der Waals surface area (Å²) in [7, 11) is 0. The van der Waals surface area contributed by atoms with Gasteiger partial charge in [-0.15, -0.1) is 0 Å². The lowest BCUT2D eigenvalue weighted by molar-refractivity contribution is -0.146. The average molecular weight is 333 g/mol. The number of ether oxygens (including phenoxy) is 1. The predicted octanol–water partition coefficient (Wildman–Crippen LogP) is 0.659. The van der Waals surface area contributed by atoms with Gasteiger partial charge in [-0.1, -0.05) is 6.42 Å². The van der Waals surface area contributed by atoms with Gasteiger partial charge in [0.1, 0.15) is 12.7 Å². The van der Waals surface area contributed by atoms with Crippen molar-refractivity contribution >= 4 is 5.91 Å². The van der Waals surface area contributed by atoms with Crippen LogP contribution in [0.5, 0.6) is 0 Å². The Labute approximate surface area is 142 Å². The van der Waals surface area contributed by atoms with Crippen LogP contribution in [0.1, 0.15) is 32.1 Å². The van der Waals surface area contributed by atoms with Gasteiger partial charge in [0.25, 0.3) is 0 Å². The van der Waals surface area contributed by atoms with Crippen molar-refractivity contribution in [2.75, 3.05) is 19.7 Å². The Hall–Kier alpha value is -1.47. The lowest BCUT2D eigenvalue weighted by Gasteiger charge is -2.45. The third kappa shape index (κ3) is 3.19. The lowest BCUT2D eigenvalue weighted by Crippen LogP contribution is -2.53. The van der Waals surface area contributed by atoms with Gasteiger partial charge in [0, 0.05) is 25.0 Å². The molecule has 132 valence electrons. The molecule has 0 aromatic carbocycles. The van der Waals surface area contributed by atoms with Gasteiger partial charge in [-0.3, -0.25) is 9.48 Å². The smallest absolute Gasteiger partial charge is 0.225 e. The molecular formula is C17H27N5O2. The molecule has 3 fully saturated rings. The molecule has 1 amide bonds. The molecule has 1 aromatic rings. The maximum atomic E-state index is 13.0. The molecule has 3 aliphatic rings. The SMILES string of the molecule is NC1C2CCCC1CC(C(=O)N1CCOC(Cn3cncn3)C1)C2. The topological polar surface area (TPSA) is 86.3 Å². The molecule has 2 aliphatic carbocycles. The minimum absolute atomic E-state index is 0.00486. The largest absolute Gasteiger partial charge is 0.373 e. The Kier molecular flexibility index (Phi) is 4.54. The van der Waals surface area contributed by atoms with Crippen LogP contribution >= 0.6 is 0 Å². The van der Waals surface area contributed by atoms with E-state index in [0.29, 0.717) is 50.0 Å². The summed E-state index contributed by atoms with van der Waals surface area (Å²) < 4.78 is 7.57. The summed E-state index contributed by atoms with van der Waals surface area (Å²) >= 11 is 0. The monoisotopic (exact) mass is 333 g/mol. The van der Waals surface area contributed by atoms with Gasteiger partial charge in [-0.2, -0.15) is 5.10 Å². The molecule has 4 rings (SSSR count). The zero-order valence-electron chi connectivity index (χ0n) is 14.1. The first-order chi connectivity index (χ1) is 11.7. The highest BCUT2D eigenvalue weighted by molar-refractivity contribution is 5.79. The van der Waals surface area contributed by atoms with E-state index in [1.165, 1.54) is 25.6 Å². The van der Waals surface area contributed by atoms with Crippen molar-refractivity contribution < 1.29 is 9.53 Å². The fourth-order valence-electron chi connectivity index (χ4n) is 4.81. The van der Waals surface area contributed by atoms with Gasteiger partial charge in [-0.25, -0.2) is 4.98 Å². The second-order valence-corrected chi connectivity index (χ2v) is 7.59. The molecule has 3 unspecified atom stereocenters. The van der Waals surface area contributed by atoms with E-state index in [-0.39, 0.29) is 12.0 Å². The summed E-state index contributed by atoms with van der Waals surface area (Å²) in [5, 5.41) is 4.13. The van der Waals surface area contributed by atoms with Gasteiger partial charge in [0.15, 0.2) is 0 Å². The average Bonchev–Trinajstić information content (AvgIpc) is 3.07. The third-order valence-electron chi connectivity index (χ3n) is 6.07. The summed E-state index contributed by atoms with van der Waals surface area (Å²) in [6.07, 6.45) is 8.82. The van der Waals surface area contributed by atoms with Crippen LogP contribution < -0.4 is 5.73 Å². The van der Waals surface area contributed by atoms with Crippen LogP contribution in [-0.2, 0) is 16.1 Å². The summed E-state index contributed by atoms with van der Waals surface area (Å²) in [5.74, 6) is 1.55. The zero-order valence-corrected chi connectivity index (χ0v) is 14.1. The molecule has 0 radical (unpaired) electrons. The van der Waals surface area contributed by atoms with E-state index in [2.05, 4.69) is 10.1 Å². The molecule has 2 bridgehead atoms. The van der Waals surface area contributed by atoms with Gasteiger partial charge in [0.2, 0.25) is 5.91 Å². The van der Waals surface area contributed by atoms with Crippen molar-refractivity contribution in [3.05, 3.63) is 12.7 Å². The van der Waals surface area contributed by atoms with Gasteiger partial charge < -0.3 is 15.4 Å². The highest BCUT2D eigenvalue weighted by atomic mass is 16.5. The molecule has 2 N–H and O–H groups in total. The number of morpholine rings is 1. The quantitative estimate of drug-likeness (QED) is 0.878. The van der Waals surface area contributed by atoms with Crippen molar-refractivity contribution in [3.63, 3.8) is 0 Å². The fraction of sp³-hybridized carbons (Fsp3) is 0.824. The van der Waals surface area contributed by atoms with E-state index in [9.17, 15) is 4.79 Å². The number of amides is 1. The molecule has 3 atom stereocenters. The van der Waals surface area contributed by atoms with Crippen LogP contribution in [0, 0.1) is 17.8 Å². The molecule has 24 heavy (non-hydrogen) atoms. The first-order valence-electron chi connectivity index (χ1n) is 9.19. The summed E-state index contributed by atoms with van der Waals surface area (Å²) in [5.41, 5.74) is 6.36. The number of hydrogen-bond acceptors (Lipinski definition) is 5. The summed E-state index contributed by atoms with van der Waals surface area (Å²) in [4.78, 5) is 19.0. The molecule has 7 nitrogen and oxygen atoms in total. The number of nitrogens with two attached hydrogens (primary N) is 1. The number of aromatic nitrogens is 3. The van der Waals surface area contributed by atoms with E-state index in [0.717, 1.165) is 12.8 Å². The van der Waals surface area contributed by atoms with Crippen molar-refractivity contribution in [2.24, 2.45) is 23.5 Å². The minimum atomic E-state index is -0.00486. The van der Waals surface area contributed by atoms with Crippen molar-refractivity contribution in [3.8, 4) is 0 Å².